The van der Waals surface area contributed by atoms with Crippen LogP contribution in [0, 0.1) is 13.8 Å². The normalized spacial score (nSPS) is 17.0. The summed E-state index contributed by atoms with van der Waals surface area (Å²) >= 11 is 0. The Bertz CT molecular complexity index is 676. The predicted molar refractivity (Wildman–Crippen MR) is 89.3 cm³/mol. The molecule has 1 unspecified atom stereocenters. The molecule has 0 saturated heterocycles. The minimum absolute atomic E-state index is 0.569. The van der Waals surface area contributed by atoms with Gasteiger partial charge in [-0.05, 0) is 68.0 Å². The number of benzene rings is 2. The minimum Gasteiger partial charge on any atom is -0.496 e. The molecule has 0 fully saturated rings. The molecule has 1 atom stereocenters. The second kappa shape index (κ2) is 5.44. The zero-order chi connectivity index (χ0) is 15.0. The average Bonchev–Trinajstić information content (AvgIpc) is 2.49. The van der Waals surface area contributed by atoms with Crippen LogP contribution in [0.4, 0.5) is 5.69 Å². The number of rotatable bonds is 2. The lowest BCUT2D eigenvalue weighted by Gasteiger charge is -2.25. The molecular formula is C19H23NO. The summed E-state index contributed by atoms with van der Waals surface area (Å²) < 4.78 is 5.66. The van der Waals surface area contributed by atoms with Gasteiger partial charge in [-0.15, -0.1) is 0 Å². The van der Waals surface area contributed by atoms with Crippen molar-refractivity contribution in [2.24, 2.45) is 0 Å². The van der Waals surface area contributed by atoms with Crippen LogP contribution in [0.5, 0.6) is 5.75 Å². The summed E-state index contributed by atoms with van der Waals surface area (Å²) in [5.74, 6) is 0.993. The smallest absolute Gasteiger partial charge is 0.129 e. The molecule has 0 saturated carbocycles. The fourth-order valence-electron chi connectivity index (χ4n) is 3.10. The highest BCUT2D eigenvalue weighted by Crippen LogP contribution is 2.37. The van der Waals surface area contributed by atoms with E-state index in [1.54, 1.807) is 7.11 Å². The molecule has 2 aromatic carbocycles. The zero-order valence-electron chi connectivity index (χ0n) is 13.3. The molecule has 0 spiro atoms. The van der Waals surface area contributed by atoms with E-state index < -0.39 is 0 Å². The van der Waals surface area contributed by atoms with Crippen molar-refractivity contribution in [3.63, 3.8) is 0 Å². The molecule has 0 aromatic heterocycles. The molecular weight excluding hydrogens is 258 g/mol. The fraction of sp³-hybridized carbons (Fsp3) is 0.368. The standard InChI is InChI=1S/C19H23NO/c1-12-5-9-17(19(21-4)14(12)3)15-8-10-18-16(11-15)7-6-13(2)20-18/h5,8-11,13,20H,6-7H2,1-4H3. The first-order valence-electron chi connectivity index (χ1n) is 7.64. The lowest BCUT2D eigenvalue weighted by Crippen LogP contribution is -2.21. The summed E-state index contributed by atoms with van der Waals surface area (Å²) in [6.07, 6.45) is 2.34. The summed E-state index contributed by atoms with van der Waals surface area (Å²) in [6.45, 7) is 6.49. The van der Waals surface area contributed by atoms with E-state index in [-0.39, 0.29) is 0 Å². The van der Waals surface area contributed by atoms with Crippen molar-refractivity contribution < 1.29 is 4.74 Å². The van der Waals surface area contributed by atoms with E-state index in [9.17, 15) is 0 Å². The Kier molecular flexibility index (Phi) is 3.62. The highest BCUT2D eigenvalue weighted by Gasteiger charge is 2.16. The molecule has 0 radical (unpaired) electrons. The highest BCUT2D eigenvalue weighted by molar-refractivity contribution is 5.76. The molecule has 0 amide bonds. The summed E-state index contributed by atoms with van der Waals surface area (Å²) in [5.41, 5.74) is 7.60. The Hall–Kier alpha value is -1.96. The maximum atomic E-state index is 5.66. The number of fused-ring (bicyclic) bond motifs is 1. The third kappa shape index (κ3) is 2.51. The maximum absolute atomic E-state index is 5.66. The lowest BCUT2D eigenvalue weighted by atomic mass is 9.93. The van der Waals surface area contributed by atoms with Gasteiger partial charge in [0.05, 0.1) is 7.11 Å². The van der Waals surface area contributed by atoms with Crippen LogP contribution >= 0.6 is 0 Å². The summed E-state index contributed by atoms with van der Waals surface area (Å²) in [7, 11) is 1.76. The van der Waals surface area contributed by atoms with Gasteiger partial charge in [0.2, 0.25) is 0 Å². The zero-order valence-corrected chi connectivity index (χ0v) is 13.3. The molecule has 21 heavy (non-hydrogen) atoms. The largest absolute Gasteiger partial charge is 0.496 e. The van der Waals surface area contributed by atoms with Gasteiger partial charge in [-0.1, -0.05) is 18.2 Å². The summed E-state index contributed by atoms with van der Waals surface area (Å²) in [5, 5.41) is 3.56. The number of ether oxygens (including phenoxy) is 1. The highest BCUT2D eigenvalue weighted by atomic mass is 16.5. The topological polar surface area (TPSA) is 21.3 Å². The Morgan fingerprint density at radius 1 is 1.14 bits per heavy atom. The summed E-state index contributed by atoms with van der Waals surface area (Å²) in [6, 6.07) is 11.6. The quantitative estimate of drug-likeness (QED) is 0.859. The molecule has 1 aliphatic heterocycles. The van der Waals surface area contributed by atoms with Gasteiger partial charge in [-0.2, -0.15) is 0 Å². The van der Waals surface area contributed by atoms with Gasteiger partial charge in [0.15, 0.2) is 0 Å². The molecule has 0 bridgehead atoms. The van der Waals surface area contributed by atoms with Crippen LogP contribution in [0.15, 0.2) is 30.3 Å². The van der Waals surface area contributed by atoms with E-state index >= 15 is 0 Å². The Labute approximate surface area is 127 Å². The molecule has 1 heterocycles. The molecule has 1 N–H and O–H groups in total. The van der Waals surface area contributed by atoms with Crippen molar-refractivity contribution in [1.29, 1.82) is 0 Å². The van der Waals surface area contributed by atoms with Crippen LogP contribution in [0.3, 0.4) is 0 Å². The second-order valence-electron chi connectivity index (χ2n) is 6.04. The first-order valence-corrected chi connectivity index (χ1v) is 7.64. The van der Waals surface area contributed by atoms with E-state index in [0.29, 0.717) is 6.04 Å². The van der Waals surface area contributed by atoms with Crippen molar-refractivity contribution in [2.45, 2.75) is 39.7 Å². The predicted octanol–water partition coefficient (Wildman–Crippen LogP) is 4.73. The fourth-order valence-corrected chi connectivity index (χ4v) is 3.10. The molecule has 110 valence electrons. The number of anilines is 1. The Morgan fingerprint density at radius 3 is 2.71 bits per heavy atom. The number of hydrogen-bond acceptors (Lipinski definition) is 2. The monoisotopic (exact) mass is 281 g/mol. The molecule has 1 aliphatic rings. The number of hydrogen-bond donors (Lipinski definition) is 1. The van der Waals surface area contributed by atoms with Crippen molar-refractivity contribution >= 4 is 5.69 Å². The number of aryl methyl sites for hydroxylation is 2. The van der Waals surface area contributed by atoms with Crippen molar-refractivity contribution in [2.75, 3.05) is 12.4 Å². The van der Waals surface area contributed by atoms with Gasteiger partial charge < -0.3 is 10.1 Å². The maximum Gasteiger partial charge on any atom is 0.129 e. The van der Waals surface area contributed by atoms with Crippen molar-refractivity contribution in [1.82, 2.24) is 0 Å². The van der Waals surface area contributed by atoms with Crippen LogP contribution in [0.1, 0.15) is 30.0 Å². The molecule has 0 aliphatic carbocycles. The van der Waals surface area contributed by atoms with E-state index in [1.165, 1.54) is 39.9 Å². The van der Waals surface area contributed by atoms with E-state index in [2.05, 4.69) is 56.4 Å². The molecule has 3 rings (SSSR count). The van der Waals surface area contributed by atoms with Gasteiger partial charge in [0.25, 0.3) is 0 Å². The van der Waals surface area contributed by atoms with Crippen LogP contribution in [0.2, 0.25) is 0 Å². The Balaban J connectivity index is 2.08. The van der Waals surface area contributed by atoms with Gasteiger partial charge in [-0.25, -0.2) is 0 Å². The van der Waals surface area contributed by atoms with Gasteiger partial charge >= 0.3 is 0 Å². The minimum atomic E-state index is 0.569. The van der Waals surface area contributed by atoms with Crippen LogP contribution < -0.4 is 10.1 Å². The Morgan fingerprint density at radius 2 is 1.95 bits per heavy atom. The molecule has 2 heteroatoms. The number of nitrogens with one attached hydrogen (secondary N) is 1. The summed E-state index contributed by atoms with van der Waals surface area (Å²) in [4.78, 5) is 0. The molecule has 2 nitrogen and oxygen atoms in total. The molecule has 2 aromatic rings. The first kappa shape index (κ1) is 14.0. The van der Waals surface area contributed by atoms with E-state index in [0.717, 1.165) is 12.2 Å². The van der Waals surface area contributed by atoms with Crippen LogP contribution in [-0.2, 0) is 6.42 Å². The second-order valence-corrected chi connectivity index (χ2v) is 6.04. The van der Waals surface area contributed by atoms with Crippen molar-refractivity contribution in [3.05, 3.63) is 47.0 Å². The van der Waals surface area contributed by atoms with Gasteiger partial charge in [0.1, 0.15) is 5.75 Å². The van der Waals surface area contributed by atoms with E-state index in [4.69, 9.17) is 4.74 Å². The third-order valence-electron chi connectivity index (χ3n) is 4.55. The van der Waals surface area contributed by atoms with Crippen LogP contribution in [0.25, 0.3) is 11.1 Å². The van der Waals surface area contributed by atoms with Crippen molar-refractivity contribution in [3.8, 4) is 16.9 Å². The van der Waals surface area contributed by atoms with Gasteiger partial charge in [0, 0.05) is 17.3 Å². The van der Waals surface area contributed by atoms with Gasteiger partial charge in [-0.3, -0.25) is 0 Å². The number of methoxy groups -OCH3 is 1. The van der Waals surface area contributed by atoms with Crippen LogP contribution in [-0.4, -0.2) is 13.2 Å². The van der Waals surface area contributed by atoms with E-state index in [1.807, 2.05) is 0 Å². The lowest BCUT2D eigenvalue weighted by molar-refractivity contribution is 0.413. The SMILES string of the molecule is COc1c(-c2ccc3c(c2)CCC(C)N3)ccc(C)c1C. The first-order chi connectivity index (χ1) is 10.1. The third-order valence-corrected chi connectivity index (χ3v) is 4.55. The average molecular weight is 281 g/mol.